The van der Waals surface area contributed by atoms with Gasteiger partial charge >= 0.3 is 0 Å². The maximum Gasteiger partial charge on any atom is 0.0847 e. The summed E-state index contributed by atoms with van der Waals surface area (Å²) in [4.78, 5) is 0. The number of aromatic nitrogens is 2. The van der Waals surface area contributed by atoms with Crippen molar-refractivity contribution in [2.75, 3.05) is 13.2 Å². The minimum absolute atomic E-state index is 0.207. The highest BCUT2D eigenvalue weighted by Crippen LogP contribution is 2.23. The topological polar surface area (TPSA) is 39.1 Å². The second-order valence-electron chi connectivity index (χ2n) is 5.33. The van der Waals surface area contributed by atoms with E-state index in [1.165, 1.54) is 0 Å². The molecule has 1 rings (SSSR count). The molecule has 0 aliphatic rings. The molecule has 0 amide bonds. The van der Waals surface area contributed by atoms with Crippen LogP contribution in [0.25, 0.3) is 0 Å². The van der Waals surface area contributed by atoms with Crippen molar-refractivity contribution < 1.29 is 4.74 Å². The normalized spacial score (nSPS) is 14.4. The van der Waals surface area contributed by atoms with Gasteiger partial charge in [0.05, 0.1) is 22.5 Å². The number of hydrogen-bond donors (Lipinski definition) is 1. The summed E-state index contributed by atoms with van der Waals surface area (Å²) in [6, 6.07) is 0.272. The van der Waals surface area contributed by atoms with Gasteiger partial charge < -0.3 is 10.1 Å². The van der Waals surface area contributed by atoms with Gasteiger partial charge in [0.15, 0.2) is 0 Å². The zero-order valence-electron chi connectivity index (χ0n) is 14.1. The van der Waals surface area contributed by atoms with Crippen LogP contribution in [0.2, 0.25) is 5.02 Å². The first-order valence-electron chi connectivity index (χ1n) is 8.15. The lowest BCUT2D eigenvalue weighted by Gasteiger charge is -2.27. The van der Waals surface area contributed by atoms with Crippen molar-refractivity contribution >= 4 is 11.6 Å². The van der Waals surface area contributed by atoms with Gasteiger partial charge in [-0.15, -0.1) is 0 Å². The van der Waals surface area contributed by atoms with Crippen LogP contribution in [-0.4, -0.2) is 35.1 Å². The van der Waals surface area contributed by atoms with Crippen molar-refractivity contribution in [2.24, 2.45) is 0 Å². The van der Waals surface area contributed by atoms with Gasteiger partial charge in [-0.3, -0.25) is 4.68 Å². The van der Waals surface area contributed by atoms with Crippen molar-refractivity contribution in [1.82, 2.24) is 15.1 Å². The first-order chi connectivity index (χ1) is 10.1. The van der Waals surface area contributed by atoms with E-state index in [1.54, 1.807) is 0 Å². The lowest BCUT2D eigenvalue weighted by molar-refractivity contribution is 0.0315. The monoisotopic (exact) mass is 315 g/mol. The van der Waals surface area contributed by atoms with Crippen molar-refractivity contribution in [3.8, 4) is 0 Å². The van der Waals surface area contributed by atoms with Gasteiger partial charge in [-0.2, -0.15) is 5.10 Å². The van der Waals surface area contributed by atoms with E-state index >= 15 is 0 Å². The molecule has 1 heterocycles. The molecule has 0 bridgehead atoms. The summed E-state index contributed by atoms with van der Waals surface area (Å²) in [7, 11) is 0. The number of halogens is 1. The molecule has 0 saturated carbocycles. The molecule has 0 aliphatic heterocycles. The van der Waals surface area contributed by atoms with Crippen molar-refractivity contribution in [2.45, 2.75) is 72.6 Å². The molecule has 0 saturated heterocycles. The molecule has 2 unspecified atom stereocenters. The van der Waals surface area contributed by atoms with Crippen LogP contribution in [0, 0.1) is 6.92 Å². The number of hydrogen-bond acceptors (Lipinski definition) is 3. The number of aryl methyl sites for hydroxylation is 2. The second-order valence-corrected chi connectivity index (χ2v) is 5.71. The van der Waals surface area contributed by atoms with E-state index < -0.39 is 0 Å². The Balaban J connectivity index is 2.94. The predicted molar refractivity (Wildman–Crippen MR) is 89.1 cm³/mol. The SMILES string of the molecule is CCCNC(Cc1c(Cl)c(C)nn1CC)C(CC)OCC. The molecule has 1 N–H and O–H groups in total. The number of nitrogens with one attached hydrogen (secondary N) is 1. The highest BCUT2D eigenvalue weighted by Gasteiger charge is 2.24. The first kappa shape index (κ1) is 18.5. The van der Waals surface area contributed by atoms with Crippen LogP contribution in [0.15, 0.2) is 0 Å². The van der Waals surface area contributed by atoms with Crippen LogP contribution in [0.3, 0.4) is 0 Å². The maximum atomic E-state index is 6.44. The molecule has 5 heteroatoms. The Morgan fingerprint density at radius 2 is 2.00 bits per heavy atom. The quantitative estimate of drug-likeness (QED) is 0.717. The molecule has 21 heavy (non-hydrogen) atoms. The van der Waals surface area contributed by atoms with Crippen LogP contribution in [0.5, 0.6) is 0 Å². The smallest absolute Gasteiger partial charge is 0.0847 e. The summed E-state index contributed by atoms with van der Waals surface area (Å²) in [6.07, 6.45) is 3.16. The molecule has 0 spiro atoms. The first-order valence-corrected chi connectivity index (χ1v) is 8.53. The van der Waals surface area contributed by atoms with Crippen molar-refractivity contribution in [3.05, 3.63) is 16.4 Å². The summed E-state index contributed by atoms with van der Waals surface area (Å²) >= 11 is 6.44. The van der Waals surface area contributed by atoms with Crippen LogP contribution in [0.1, 0.15) is 51.9 Å². The Labute approximate surface area is 134 Å². The summed E-state index contributed by atoms with van der Waals surface area (Å²) in [6.45, 7) is 13.0. The molecule has 0 radical (unpaired) electrons. The highest BCUT2D eigenvalue weighted by atomic mass is 35.5. The van der Waals surface area contributed by atoms with Crippen LogP contribution >= 0.6 is 11.6 Å². The van der Waals surface area contributed by atoms with E-state index in [-0.39, 0.29) is 12.1 Å². The van der Waals surface area contributed by atoms with E-state index in [1.807, 2.05) is 18.5 Å². The average molecular weight is 316 g/mol. The Kier molecular flexibility index (Phi) is 8.30. The number of nitrogens with zero attached hydrogens (tertiary/aromatic N) is 2. The molecule has 0 fully saturated rings. The summed E-state index contributed by atoms with van der Waals surface area (Å²) in [5.41, 5.74) is 2.02. The zero-order valence-corrected chi connectivity index (χ0v) is 14.8. The fraction of sp³-hybridized carbons (Fsp3) is 0.812. The lowest BCUT2D eigenvalue weighted by Crippen LogP contribution is -2.43. The van der Waals surface area contributed by atoms with Gasteiger partial charge in [0.2, 0.25) is 0 Å². The van der Waals surface area contributed by atoms with Gasteiger partial charge in [0.1, 0.15) is 0 Å². The minimum atomic E-state index is 0.207. The van der Waals surface area contributed by atoms with E-state index in [2.05, 4.69) is 31.2 Å². The molecule has 122 valence electrons. The van der Waals surface area contributed by atoms with Crippen molar-refractivity contribution in [1.29, 1.82) is 0 Å². The molecule has 2 atom stereocenters. The summed E-state index contributed by atoms with van der Waals surface area (Å²) in [5, 5.41) is 8.92. The number of rotatable bonds is 10. The van der Waals surface area contributed by atoms with E-state index in [9.17, 15) is 0 Å². The minimum Gasteiger partial charge on any atom is -0.377 e. The number of ether oxygens (including phenoxy) is 1. The predicted octanol–water partition coefficient (Wildman–Crippen LogP) is 3.59. The van der Waals surface area contributed by atoms with Gasteiger partial charge in [-0.1, -0.05) is 25.4 Å². The molecular weight excluding hydrogens is 286 g/mol. The largest absolute Gasteiger partial charge is 0.377 e. The standard InChI is InChI=1S/C16H30ClN3O/c1-6-10-18-13(15(7-2)21-9-4)11-14-16(17)12(5)19-20(14)8-3/h13,15,18H,6-11H2,1-5H3. The van der Waals surface area contributed by atoms with E-state index in [0.717, 1.165) is 55.4 Å². The van der Waals surface area contributed by atoms with Gasteiger partial charge in [0, 0.05) is 25.6 Å². The highest BCUT2D eigenvalue weighted by molar-refractivity contribution is 6.31. The fourth-order valence-corrected chi connectivity index (χ4v) is 2.88. The van der Waals surface area contributed by atoms with Gasteiger partial charge in [-0.05, 0) is 40.2 Å². The Bertz CT molecular complexity index is 420. The van der Waals surface area contributed by atoms with Crippen LogP contribution in [0.4, 0.5) is 0 Å². The van der Waals surface area contributed by atoms with E-state index in [0.29, 0.717) is 0 Å². The van der Waals surface area contributed by atoms with Crippen LogP contribution < -0.4 is 5.32 Å². The zero-order chi connectivity index (χ0) is 15.8. The Morgan fingerprint density at radius 3 is 2.52 bits per heavy atom. The average Bonchev–Trinajstić information content (AvgIpc) is 2.76. The third-order valence-electron chi connectivity index (χ3n) is 3.75. The lowest BCUT2D eigenvalue weighted by atomic mass is 10.0. The summed E-state index contributed by atoms with van der Waals surface area (Å²) in [5.74, 6) is 0. The second kappa shape index (κ2) is 9.44. The molecular formula is C16H30ClN3O. The molecule has 4 nitrogen and oxygen atoms in total. The van der Waals surface area contributed by atoms with Gasteiger partial charge in [-0.25, -0.2) is 0 Å². The third-order valence-corrected chi connectivity index (χ3v) is 4.25. The van der Waals surface area contributed by atoms with Crippen LogP contribution in [-0.2, 0) is 17.7 Å². The molecule has 1 aromatic heterocycles. The fourth-order valence-electron chi connectivity index (χ4n) is 2.67. The maximum absolute atomic E-state index is 6.44. The van der Waals surface area contributed by atoms with E-state index in [4.69, 9.17) is 16.3 Å². The van der Waals surface area contributed by atoms with Crippen molar-refractivity contribution in [3.63, 3.8) is 0 Å². The molecule has 1 aromatic rings. The Morgan fingerprint density at radius 1 is 1.29 bits per heavy atom. The third kappa shape index (κ3) is 4.97. The Hall–Kier alpha value is -0.580. The van der Waals surface area contributed by atoms with Gasteiger partial charge in [0.25, 0.3) is 0 Å². The summed E-state index contributed by atoms with van der Waals surface area (Å²) < 4.78 is 7.92. The molecule has 0 aliphatic carbocycles. The molecule has 0 aromatic carbocycles.